The third-order valence-electron chi connectivity index (χ3n) is 4.96. The zero-order chi connectivity index (χ0) is 20.9. The first kappa shape index (κ1) is 20.3. The molecule has 2 aliphatic heterocycles. The quantitative estimate of drug-likeness (QED) is 0.605. The number of urea groups is 1. The number of nitrogens with one attached hydrogen (secondary N) is 3. The first-order chi connectivity index (χ1) is 14.7. The van der Waals surface area contributed by atoms with Crippen molar-refractivity contribution in [3.8, 4) is 0 Å². The molecule has 4 rings (SSSR count). The molecule has 156 valence electrons. The lowest BCUT2D eigenvalue weighted by Crippen LogP contribution is -2.30. The van der Waals surface area contributed by atoms with Gasteiger partial charge in [-0.15, -0.1) is 0 Å². The van der Waals surface area contributed by atoms with E-state index >= 15 is 0 Å². The SMILES string of the molecule is C/C=C(/c1cccc(NC(=O)NC2CC2)c1)N1C=CC(C2=NNCS2)=C/C1=C\CC. The van der Waals surface area contributed by atoms with Crippen molar-refractivity contribution in [1.82, 2.24) is 15.6 Å². The second-order valence-corrected chi connectivity index (χ2v) is 8.28. The van der Waals surface area contributed by atoms with Gasteiger partial charge >= 0.3 is 6.03 Å². The van der Waals surface area contributed by atoms with Gasteiger partial charge in [0.15, 0.2) is 0 Å². The van der Waals surface area contributed by atoms with Crippen molar-refractivity contribution in [1.29, 1.82) is 0 Å². The summed E-state index contributed by atoms with van der Waals surface area (Å²) in [5, 5.41) is 11.3. The van der Waals surface area contributed by atoms with Gasteiger partial charge in [0, 0.05) is 40.5 Å². The zero-order valence-electron chi connectivity index (χ0n) is 17.3. The lowest BCUT2D eigenvalue weighted by Gasteiger charge is -2.28. The van der Waals surface area contributed by atoms with Crippen LogP contribution in [0.25, 0.3) is 5.70 Å². The van der Waals surface area contributed by atoms with Gasteiger partial charge < -0.3 is 15.5 Å². The maximum atomic E-state index is 12.1. The van der Waals surface area contributed by atoms with Crippen molar-refractivity contribution in [2.75, 3.05) is 11.2 Å². The number of amides is 2. The summed E-state index contributed by atoms with van der Waals surface area (Å²) in [6.07, 6.45) is 13.7. The Hall–Kier alpha value is -2.93. The average Bonchev–Trinajstić information content (AvgIpc) is 3.38. The number of hydrogen-bond donors (Lipinski definition) is 3. The van der Waals surface area contributed by atoms with Crippen LogP contribution in [0, 0.1) is 0 Å². The average molecular weight is 422 g/mol. The van der Waals surface area contributed by atoms with Gasteiger partial charge in [-0.05, 0) is 50.5 Å². The molecule has 0 spiro atoms. The molecule has 2 heterocycles. The smallest absolute Gasteiger partial charge is 0.319 e. The van der Waals surface area contributed by atoms with E-state index in [2.05, 4.69) is 69.6 Å². The van der Waals surface area contributed by atoms with Crippen LogP contribution in [-0.4, -0.2) is 27.9 Å². The van der Waals surface area contributed by atoms with Crippen molar-refractivity contribution >= 4 is 34.2 Å². The zero-order valence-corrected chi connectivity index (χ0v) is 18.1. The van der Waals surface area contributed by atoms with E-state index in [9.17, 15) is 4.79 Å². The Morgan fingerprint density at radius 3 is 2.97 bits per heavy atom. The van der Waals surface area contributed by atoms with E-state index in [1.807, 2.05) is 25.1 Å². The molecule has 0 unspecified atom stereocenters. The molecule has 0 saturated heterocycles. The molecule has 7 heteroatoms. The largest absolute Gasteiger partial charge is 0.335 e. The molecule has 0 aromatic heterocycles. The highest BCUT2D eigenvalue weighted by Gasteiger charge is 2.23. The molecule has 1 aromatic rings. The number of hydrazone groups is 1. The van der Waals surface area contributed by atoms with Gasteiger partial charge in [0.2, 0.25) is 0 Å². The molecular weight excluding hydrogens is 394 g/mol. The Morgan fingerprint density at radius 1 is 1.40 bits per heavy atom. The van der Waals surface area contributed by atoms with Gasteiger partial charge in [0.05, 0.1) is 5.88 Å². The van der Waals surface area contributed by atoms with Gasteiger partial charge in [-0.2, -0.15) is 5.10 Å². The molecule has 0 bridgehead atoms. The molecule has 1 saturated carbocycles. The summed E-state index contributed by atoms with van der Waals surface area (Å²) in [5.41, 5.74) is 8.13. The van der Waals surface area contributed by atoms with E-state index in [1.165, 1.54) is 0 Å². The second-order valence-electron chi connectivity index (χ2n) is 7.31. The first-order valence-corrected chi connectivity index (χ1v) is 11.3. The molecule has 1 aromatic carbocycles. The lowest BCUT2D eigenvalue weighted by atomic mass is 10.1. The fourth-order valence-corrected chi connectivity index (χ4v) is 4.09. The summed E-state index contributed by atoms with van der Waals surface area (Å²) in [6.45, 7) is 4.17. The Bertz CT molecular complexity index is 972. The number of carbonyl (C=O) groups excluding carboxylic acids is 1. The van der Waals surface area contributed by atoms with Crippen LogP contribution in [0.2, 0.25) is 0 Å². The van der Waals surface area contributed by atoms with E-state index in [0.29, 0.717) is 6.04 Å². The van der Waals surface area contributed by atoms with Crippen molar-refractivity contribution in [2.24, 2.45) is 5.10 Å². The van der Waals surface area contributed by atoms with Crippen molar-refractivity contribution in [3.05, 3.63) is 71.6 Å². The summed E-state index contributed by atoms with van der Waals surface area (Å²) >= 11 is 1.71. The Balaban J connectivity index is 1.56. The summed E-state index contributed by atoms with van der Waals surface area (Å²) in [5.74, 6) is 0.811. The number of thioether (sulfide) groups is 1. The molecule has 6 nitrogen and oxygen atoms in total. The fraction of sp³-hybridized carbons (Fsp3) is 0.304. The highest BCUT2D eigenvalue weighted by molar-refractivity contribution is 8.14. The maximum Gasteiger partial charge on any atom is 0.319 e. The topological polar surface area (TPSA) is 68.8 Å². The number of hydrogen-bond acceptors (Lipinski definition) is 5. The van der Waals surface area contributed by atoms with Crippen LogP contribution in [0.15, 0.2) is 71.1 Å². The molecule has 3 N–H and O–H groups in total. The number of nitrogens with zero attached hydrogens (tertiary/aromatic N) is 2. The molecule has 3 aliphatic rings. The number of carbonyl (C=O) groups is 1. The highest BCUT2D eigenvalue weighted by atomic mass is 32.2. The van der Waals surface area contributed by atoms with Crippen molar-refractivity contribution in [2.45, 2.75) is 39.2 Å². The van der Waals surface area contributed by atoms with Crippen LogP contribution < -0.4 is 16.1 Å². The summed E-state index contributed by atoms with van der Waals surface area (Å²) in [6, 6.07) is 8.16. The Morgan fingerprint density at radius 2 is 2.27 bits per heavy atom. The Kier molecular flexibility index (Phi) is 6.28. The molecule has 30 heavy (non-hydrogen) atoms. The van der Waals surface area contributed by atoms with Crippen LogP contribution in [-0.2, 0) is 0 Å². The minimum absolute atomic E-state index is 0.142. The number of allylic oxidation sites excluding steroid dienone is 4. The van der Waals surface area contributed by atoms with Crippen LogP contribution in [0.1, 0.15) is 38.7 Å². The van der Waals surface area contributed by atoms with Gasteiger partial charge in [-0.1, -0.05) is 43.0 Å². The lowest BCUT2D eigenvalue weighted by molar-refractivity contribution is 0.251. The van der Waals surface area contributed by atoms with Crippen molar-refractivity contribution in [3.63, 3.8) is 0 Å². The van der Waals surface area contributed by atoms with E-state index in [1.54, 1.807) is 11.8 Å². The second kappa shape index (κ2) is 9.26. The fourth-order valence-electron chi connectivity index (χ4n) is 3.40. The summed E-state index contributed by atoms with van der Waals surface area (Å²) in [4.78, 5) is 14.3. The van der Waals surface area contributed by atoms with Gasteiger partial charge in [-0.3, -0.25) is 5.43 Å². The van der Waals surface area contributed by atoms with Gasteiger partial charge in [0.25, 0.3) is 0 Å². The number of benzene rings is 1. The van der Waals surface area contributed by atoms with E-state index in [-0.39, 0.29) is 6.03 Å². The first-order valence-electron chi connectivity index (χ1n) is 10.3. The predicted octanol–water partition coefficient (Wildman–Crippen LogP) is 4.99. The molecule has 2 amide bonds. The van der Waals surface area contributed by atoms with Crippen LogP contribution in [0.3, 0.4) is 0 Å². The molecule has 0 atom stereocenters. The predicted molar refractivity (Wildman–Crippen MR) is 126 cm³/mol. The molecular formula is C23H27N5OS. The Labute approximate surface area is 181 Å². The third kappa shape index (κ3) is 4.79. The van der Waals surface area contributed by atoms with Crippen LogP contribution >= 0.6 is 11.8 Å². The minimum Gasteiger partial charge on any atom is -0.335 e. The standard InChI is InChI=1S/C23H27N5OS/c1-3-6-20-14-17(22-27-24-15-30-22)11-12-28(20)21(4-2)16-7-5-8-19(13-16)26-23(29)25-18-9-10-18/h4-8,11-14,18,24H,3,9-10,15H2,1-2H3,(H2,25,26,29)/b20-6+,21-4-. The van der Waals surface area contributed by atoms with E-state index in [4.69, 9.17) is 0 Å². The number of anilines is 1. The summed E-state index contributed by atoms with van der Waals surface area (Å²) in [7, 11) is 0. The van der Waals surface area contributed by atoms with E-state index < -0.39 is 0 Å². The minimum atomic E-state index is -0.142. The van der Waals surface area contributed by atoms with Gasteiger partial charge in [-0.25, -0.2) is 4.79 Å². The van der Waals surface area contributed by atoms with Crippen molar-refractivity contribution < 1.29 is 4.79 Å². The molecule has 1 aliphatic carbocycles. The summed E-state index contributed by atoms with van der Waals surface area (Å²) < 4.78 is 0. The molecule has 1 fully saturated rings. The third-order valence-corrected chi connectivity index (χ3v) is 5.83. The molecule has 0 radical (unpaired) electrons. The van der Waals surface area contributed by atoms with E-state index in [0.717, 1.165) is 58.4 Å². The highest BCUT2D eigenvalue weighted by Crippen LogP contribution is 2.32. The van der Waals surface area contributed by atoms with Crippen LogP contribution in [0.4, 0.5) is 10.5 Å². The number of rotatable bonds is 6. The monoisotopic (exact) mass is 421 g/mol. The maximum absolute atomic E-state index is 12.1. The normalized spacial score (nSPS) is 20.0. The van der Waals surface area contributed by atoms with Gasteiger partial charge in [0.1, 0.15) is 5.04 Å². The van der Waals surface area contributed by atoms with Crippen LogP contribution in [0.5, 0.6) is 0 Å².